The monoisotopic (exact) mass is 289 g/mol. The maximum atomic E-state index is 8.64. The van der Waals surface area contributed by atoms with Gasteiger partial charge in [-0.2, -0.15) is 10.5 Å². The van der Waals surface area contributed by atoms with Gasteiger partial charge in [0.1, 0.15) is 23.5 Å². The molecule has 0 spiro atoms. The number of anilines is 1. The van der Waals surface area contributed by atoms with Crippen molar-refractivity contribution in [1.82, 2.24) is 0 Å². The van der Waals surface area contributed by atoms with Crippen molar-refractivity contribution in [1.29, 1.82) is 10.5 Å². The summed E-state index contributed by atoms with van der Waals surface area (Å²) in [5.41, 5.74) is 2.06. The van der Waals surface area contributed by atoms with Crippen LogP contribution in [0.25, 0.3) is 0 Å². The van der Waals surface area contributed by atoms with E-state index in [1.807, 2.05) is 42.5 Å². The second-order valence-corrected chi connectivity index (χ2v) is 4.53. The van der Waals surface area contributed by atoms with Gasteiger partial charge in [0.25, 0.3) is 0 Å². The van der Waals surface area contributed by atoms with Crippen LogP contribution in [-0.2, 0) is 6.42 Å². The summed E-state index contributed by atoms with van der Waals surface area (Å²) in [6.45, 7) is 0.615. The van der Waals surface area contributed by atoms with E-state index in [9.17, 15) is 0 Å². The molecule has 0 aliphatic heterocycles. The molecule has 0 radical (unpaired) electrons. The summed E-state index contributed by atoms with van der Waals surface area (Å²) in [5, 5.41) is 20.2. The quantitative estimate of drug-likeness (QED) is 0.824. The maximum absolute atomic E-state index is 8.64. The molecule has 1 N–H and O–H groups in total. The van der Waals surface area contributed by atoms with E-state index in [0.717, 1.165) is 17.9 Å². The van der Waals surface area contributed by atoms with E-state index in [0.29, 0.717) is 6.61 Å². The zero-order valence-corrected chi connectivity index (χ0v) is 12.0. The van der Waals surface area contributed by atoms with Crippen LogP contribution >= 0.6 is 0 Å². The Morgan fingerprint density at radius 2 is 1.68 bits per heavy atom. The van der Waals surface area contributed by atoms with Gasteiger partial charge >= 0.3 is 0 Å². The van der Waals surface area contributed by atoms with Crippen LogP contribution in [0.2, 0.25) is 0 Å². The third kappa shape index (κ3) is 4.70. The lowest BCUT2D eigenvalue weighted by atomic mass is 10.2. The van der Waals surface area contributed by atoms with Gasteiger partial charge in [0, 0.05) is 18.3 Å². The standard InChI is InChI=1S/C18H15N3O/c19-12-16(13-20)14-21-17-6-8-18(9-7-17)22-11-10-15-4-2-1-3-5-15/h1-9,14,21H,10-11H2. The highest BCUT2D eigenvalue weighted by molar-refractivity contribution is 5.51. The summed E-state index contributed by atoms with van der Waals surface area (Å²) in [6.07, 6.45) is 2.24. The molecule has 2 aromatic rings. The summed E-state index contributed by atoms with van der Waals surface area (Å²) in [6, 6.07) is 21.1. The first-order valence-electron chi connectivity index (χ1n) is 6.85. The third-order valence-corrected chi connectivity index (χ3v) is 2.98. The third-order valence-electron chi connectivity index (χ3n) is 2.98. The molecule has 4 heteroatoms. The van der Waals surface area contributed by atoms with Crippen LogP contribution in [0.3, 0.4) is 0 Å². The van der Waals surface area contributed by atoms with E-state index < -0.39 is 0 Å². The Morgan fingerprint density at radius 3 is 2.32 bits per heavy atom. The van der Waals surface area contributed by atoms with Gasteiger partial charge in [0.05, 0.1) is 6.61 Å². The van der Waals surface area contributed by atoms with Crippen molar-refractivity contribution in [2.75, 3.05) is 11.9 Å². The Kier molecular flexibility index (Phi) is 5.61. The van der Waals surface area contributed by atoms with Crippen LogP contribution in [0.5, 0.6) is 5.75 Å². The van der Waals surface area contributed by atoms with Crippen molar-refractivity contribution in [3.05, 3.63) is 71.9 Å². The molecule has 108 valence electrons. The first-order chi connectivity index (χ1) is 10.8. The van der Waals surface area contributed by atoms with Crippen molar-refractivity contribution in [2.45, 2.75) is 6.42 Å². The Bertz CT molecular complexity index is 691. The van der Waals surface area contributed by atoms with Gasteiger partial charge in [-0.3, -0.25) is 0 Å². The lowest BCUT2D eigenvalue weighted by Gasteiger charge is -2.07. The molecule has 22 heavy (non-hydrogen) atoms. The average Bonchev–Trinajstić information content (AvgIpc) is 2.58. The zero-order valence-electron chi connectivity index (χ0n) is 12.0. The number of allylic oxidation sites excluding steroid dienone is 1. The molecule has 0 saturated heterocycles. The molecule has 0 bridgehead atoms. The Balaban J connectivity index is 1.83. The summed E-state index contributed by atoms with van der Waals surface area (Å²) in [5.74, 6) is 0.784. The molecule has 0 atom stereocenters. The van der Waals surface area contributed by atoms with Crippen molar-refractivity contribution in [3.63, 3.8) is 0 Å². The molecule has 0 fully saturated rings. The molecule has 0 amide bonds. The second kappa shape index (κ2) is 8.14. The molecule has 0 saturated carbocycles. The number of nitrogens with one attached hydrogen (secondary N) is 1. The predicted octanol–water partition coefficient (Wildman–Crippen LogP) is 3.65. The van der Waals surface area contributed by atoms with Gasteiger partial charge in [0.2, 0.25) is 0 Å². The van der Waals surface area contributed by atoms with Gasteiger partial charge in [-0.15, -0.1) is 0 Å². The van der Waals surface area contributed by atoms with Crippen molar-refractivity contribution in [2.24, 2.45) is 0 Å². The minimum atomic E-state index is 0.0307. The zero-order chi connectivity index (χ0) is 15.6. The lowest BCUT2D eigenvalue weighted by Crippen LogP contribution is -2.01. The Morgan fingerprint density at radius 1 is 1.00 bits per heavy atom. The smallest absolute Gasteiger partial charge is 0.145 e. The van der Waals surface area contributed by atoms with E-state index in [-0.39, 0.29) is 5.57 Å². The minimum absolute atomic E-state index is 0.0307. The van der Waals surface area contributed by atoms with Gasteiger partial charge in [0.15, 0.2) is 0 Å². The molecular weight excluding hydrogens is 274 g/mol. The summed E-state index contributed by atoms with van der Waals surface area (Å²) in [7, 11) is 0. The molecule has 4 nitrogen and oxygen atoms in total. The summed E-state index contributed by atoms with van der Waals surface area (Å²) < 4.78 is 5.68. The summed E-state index contributed by atoms with van der Waals surface area (Å²) in [4.78, 5) is 0. The van der Waals surface area contributed by atoms with E-state index in [4.69, 9.17) is 15.3 Å². The number of hydrogen-bond acceptors (Lipinski definition) is 4. The fraction of sp³-hybridized carbons (Fsp3) is 0.111. The SMILES string of the molecule is N#CC(C#N)=CNc1ccc(OCCc2ccccc2)cc1. The molecular formula is C18H15N3O. The van der Waals surface area contributed by atoms with Gasteiger partial charge in [-0.25, -0.2) is 0 Å². The Hall–Kier alpha value is -3.24. The molecule has 2 aromatic carbocycles. The Labute approximate surface area is 129 Å². The van der Waals surface area contributed by atoms with Crippen LogP contribution in [0, 0.1) is 22.7 Å². The average molecular weight is 289 g/mol. The van der Waals surface area contributed by atoms with Crippen molar-refractivity contribution < 1.29 is 4.74 Å². The minimum Gasteiger partial charge on any atom is -0.493 e. The summed E-state index contributed by atoms with van der Waals surface area (Å²) >= 11 is 0. The molecule has 2 rings (SSSR count). The maximum Gasteiger partial charge on any atom is 0.145 e. The predicted molar refractivity (Wildman–Crippen MR) is 85.0 cm³/mol. The number of rotatable bonds is 6. The lowest BCUT2D eigenvalue weighted by molar-refractivity contribution is 0.322. The van der Waals surface area contributed by atoms with Gasteiger partial charge in [-0.1, -0.05) is 30.3 Å². The van der Waals surface area contributed by atoms with E-state index >= 15 is 0 Å². The highest BCUT2D eigenvalue weighted by Gasteiger charge is 1.97. The fourth-order valence-electron chi connectivity index (χ4n) is 1.82. The molecule has 0 aliphatic rings. The van der Waals surface area contributed by atoms with Crippen LogP contribution in [0.4, 0.5) is 5.69 Å². The van der Waals surface area contributed by atoms with Crippen molar-refractivity contribution in [3.8, 4) is 17.9 Å². The van der Waals surface area contributed by atoms with Crippen LogP contribution in [0.15, 0.2) is 66.4 Å². The largest absolute Gasteiger partial charge is 0.493 e. The van der Waals surface area contributed by atoms with Crippen LogP contribution < -0.4 is 10.1 Å². The first-order valence-corrected chi connectivity index (χ1v) is 6.85. The number of nitrogens with zero attached hydrogens (tertiary/aromatic N) is 2. The number of ether oxygens (including phenoxy) is 1. The molecule has 0 unspecified atom stereocenters. The van der Waals surface area contributed by atoms with E-state index in [1.54, 1.807) is 12.1 Å². The fourth-order valence-corrected chi connectivity index (χ4v) is 1.82. The highest BCUT2D eigenvalue weighted by Crippen LogP contribution is 2.16. The van der Waals surface area contributed by atoms with Crippen LogP contribution in [-0.4, -0.2) is 6.61 Å². The highest BCUT2D eigenvalue weighted by atomic mass is 16.5. The van der Waals surface area contributed by atoms with Gasteiger partial charge < -0.3 is 10.1 Å². The number of hydrogen-bond donors (Lipinski definition) is 1. The van der Waals surface area contributed by atoms with E-state index in [2.05, 4.69) is 17.4 Å². The molecule has 0 heterocycles. The second-order valence-electron chi connectivity index (χ2n) is 4.53. The van der Waals surface area contributed by atoms with E-state index in [1.165, 1.54) is 11.8 Å². The molecule has 0 aromatic heterocycles. The van der Waals surface area contributed by atoms with Gasteiger partial charge in [-0.05, 0) is 29.8 Å². The topological polar surface area (TPSA) is 68.8 Å². The van der Waals surface area contributed by atoms with Crippen molar-refractivity contribution >= 4 is 5.69 Å². The number of nitriles is 2. The normalized spacial score (nSPS) is 9.18. The number of benzene rings is 2. The van der Waals surface area contributed by atoms with Crippen LogP contribution in [0.1, 0.15) is 5.56 Å². The first kappa shape index (κ1) is 15.2. The molecule has 0 aliphatic carbocycles.